The van der Waals surface area contributed by atoms with Crippen molar-refractivity contribution >= 4 is 11.1 Å². The standard InChI is InChI=1S/C36H34O/c37-36(26-25-35(36)23-21-29(22-24-35)28-13-5-1-6-14-28)34(32-19-11-4-12-20-32)27-33(30-15-7-2-8-16-30)31-17-9-3-10-18-31/h1-20,29,37H,21-26H2. The lowest BCUT2D eigenvalue weighted by Gasteiger charge is -2.60. The van der Waals surface area contributed by atoms with Crippen molar-refractivity contribution in [2.75, 3.05) is 0 Å². The molecule has 0 amide bonds. The van der Waals surface area contributed by atoms with Crippen LogP contribution in [-0.4, -0.2) is 10.7 Å². The smallest absolute Gasteiger partial charge is 0.103 e. The molecule has 2 saturated carbocycles. The molecule has 4 aromatic carbocycles. The minimum absolute atomic E-state index is 0.0884. The zero-order valence-electron chi connectivity index (χ0n) is 21.3. The lowest BCUT2D eigenvalue weighted by atomic mass is 9.47. The molecular weight excluding hydrogens is 448 g/mol. The van der Waals surface area contributed by atoms with Crippen molar-refractivity contribution in [3.8, 4) is 0 Å². The fourth-order valence-corrected chi connectivity index (χ4v) is 6.66. The second-order valence-electron chi connectivity index (χ2n) is 10.8. The lowest BCUT2D eigenvalue weighted by Crippen LogP contribution is -2.59. The summed E-state index contributed by atoms with van der Waals surface area (Å²) in [4.78, 5) is 0. The first-order valence-corrected chi connectivity index (χ1v) is 13.6. The quantitative estimate of drug-likeness (QED) is 0.282. The molecule has 0 aromatic heterocycles. The Kier molecular flexibility index (Phi) is 6.43. The van der Waals surface area contributed by atoms with Gasteiger partial charge in [0.15, 0.2) is 0 Å². The first-order chi connectivity index (χ1) is 18.2. The van der Waals surface area contributed by atoms with E-state index in [0.29, 0.717) is 5.92 Å². The van der Waals surface area contributed by atoms with E-state index in [1.54, 1.807) is 0 Å². The minimum Gasteiger partial charge on any atom is -0.384 e. The van der Waals surface area contributed by atoms with E-state index < -0.39 is 5.60 Å². The van der Waals surface area contributed by atoms with E-state index in [-0.39, 0.29) is 5.41 Å². The fourth-order valence-electron chi connectivity index (χ4n) is 6.66. The van der Waals surface area contributed by atoms with Crippen LogP contribution in [0.3, 0.4) is 0 Å². The van der Waals surface area contributed by atoms with Gasteiger partial charge >= 0.3 is 0 Å². The van der Waals surface area contributed by atoms with Crippen LogP contribution in [0.4, 0.5) is 0 Å². The summed E-state index contributed by atoms with van der Waals surface area (Å²) in [5.74, 6) is 0.584. The summed E-state index contributed by atoms with van der Waals surface area (Å²) in [6.07, 6.45) is 6.22. The van der Waals surface area contributed by atoms with Gasteiger partial charge in [-0.1, -0.05) is 121 Å². The second-order valence-corrected chi connectivity index (χ2v) is 10.8. The normalized spacial score (nSPS) is 24.6. The van der Waals surface area contributed by atoms with E-state index in [1.165, 1.54) is 5.56 Å². The average Bonchev–Trinajstić information content (AvgIpc) is 2.99. The monoisotopic (exact) mass is 482 g/mol. The van der Waals surface area contributed by atoms with Gasteiger partial charge in [-0.2, -0.15) is 0 Å². The zero-order valence-corrected chi connectivity index (χ0v) is 21.3. The van der Waals surface area contributed by atoms with Crippen LogP contribution in [0.25, 0.3) is 11.1 Å². The Labute approximate surface area is 220 Å². The Morgan fingerprint density at radius 1 is 0.568 bits per heavy atom. The molecule has 4 aromatic rings. The van der Waals surface area contributed by atoms with Crippen molar-refractivity contribution in [1.29, 1.82) is 0 Å². The van der Waals surface area contributed by atoms with E-state index >= 15 is 0 Å². The summed E-state index contributed by atoms with van der Waals surface area (Å²) in [6, 6.07) is 42.4. The summed E-state index contributed by atoms with van der Waals surface area (Å²) < 4.78 is 0. The molecule has 1 heteroatoms. The van der Waals surface area contributed by atoms with Crippen molar-refractivity contribution in [3.05, 3.63) is 149 Å². The molecule has 184 valence electrons. The van der Waals surface area contributed by atoms with Gasteiger partial charge in [0, 0.05) is 16.6 Å². The van der Waals surface area contributed by atoms with E-state index in [1.807, 2.05) is 18.2 Å². The Hall–Kier alpha value is -3.64. The highest BCUT2D eigenvalue weighted by atomic mass is 16.3. The van der Waals surface area contributed by atoms with E-state index in [0.717, 1.165) is 66.4 Å². The predicted octanol–water partition coefficient (Wildman–Crippen LogP) is 8.67. The number of hydrogen-bond donors (Lipinski definition) is 1. The molecule has 2 aliphatic rings. The predicted molar refractivity (Wildman–Crippen MR) is 153 cm³/mol. The summed E-state index contributed by atoms with van der Waals surface area (Å²) in [7, 11) is 0. The van der Waals surface area contributed by atoms with Gasteiger partial charge in [-0.05, 0) is 66.7 Å². The van der Waals surface area contributed by atoms with Crippen molar-refractivity contribution in [2.24, 2.45) is 5.41 Å². The summed E-state index contributed by atoms with van der Waals surface area (Å²) >= 11 is 0. The molecule has 0 bridgehead atoms. The van der Waals surface area contributed by atoms with Crippen LogP contribution in [0.1, 0.15) is 66.7 Å². The van der Waals surface area contributed by atoms with Crippen molar-refractivity contribution in [3.63, 3.8) is 0 Å². The maximum absolute atomic E-state index is 12.6. The number of hydrogen-bond acceptors (Lipinski definition) is 1. The highest BCUT2D eigenvalue weighted by molar-refractivity contribution is 5.86. The maximum Gasteiger partial charge on any atom is 0.103 e. The molecule has 1 atom stereocenters. The highest BCUT2D eigenvalue weighted by Crippen LogP contribution is 2.64. The SMILES string of the molecule is OC1(C(=C=C(c2ccccc2)c2ccccc2)c2ccccc2)CCC12CCC(c1ccccc1)CC2. The molecule has 1 spiro atoms. The van der Waals surface area contributed by atoms with Crippen LogP contribution in [0.15, 0.2) is 127 Å². The van der Waals surface area contributed by atoms with Crippen LogP contribution < -0.4 is 0 Å². The van der Waals surface area contributed by atoms with Crippen LogP contribution in [0.5, 0.6) is 0 Å². The largest absolute Gasteiger partial charge is 0.384 e. The zero-order chi connectivity index (χ0) is 25.1. The van der Waals surface area contributed by atoms with Gasteiger partial charge in [0.2, 0.25) is 0 Å². The van der Waals surface area contributed by atoms with Gasteiger partial charge in [0.1, 0.15) is 5.60 Å². The first kappa shape index (κ1) is 23.7. The van der Waals surface area contributed by atoms with E-state index in [9.17, 15) is 5.11 Å². The number of aliphatic hydroxyl groups is 1. The van der Waals surface area contributed by atoms with Gasteiger partial charge in [-0.15, -0.1) is 5.73 Å². The molecule has 0 saturated heterocycles. The topological polar surface area (TPSA) is 20.2 Å². The molecule has 6 rings (SSSR count). The third-order valence-electron chi connectivity index (χ3n) is 8.91. The van der Waals surface area contributed by atoms with Crippen molar-refractivity contribution < 1.29 is 5.11 Å². The van der Waals surface area contributed by atoms with Gasteiger partial charge in [-0.25, -0.2) is 0 Å². The molecule has 37 heavy (non-hydrogen) atoms. The van der Waals surface area contributed by atoms with Gasteiger partial charge in [0.05, 0.1) is 0 Å². The van der Waals surface area contributed by atoms with Crippen LogP contribution in [-0.2, 0) is 0 Å². The Bertz CT molecular complexity index is 1350. The van der Waals surface area contributed by atoms with E-state index in [4.69, 9.17) is 0 Å². The average molecular weight is 483 g/mol. The van der Waals surface area contributed by atoms with Crippen molar-refractivity contribution in [1.82, 2.24) is 0 Å². The molecular formula is C36H34O. The van der Waals surface area contributed by atoms with Gasteiger partial charge < -0.3 is 5.11 Å². The Morgan fingerprint density at radius 2 is 1.03 bits per heavy atom. The molecule has 2 aliphatic carbocycles. The van der Waals surface area contributed by atoms with Gasteiger partial charge in [-0.3, -0.25) is 0 Å². The highest BCUT2D eigenvalue weighted by Gasteiger charge is 2.60. The number of benzene rings is 4. The van der Waals surface area contributed by atoms with Crippen molar-refractivity contribution in [2.45, 2.75) is 50.0 Å². The summed E-state index contributed by atoms with van der Waals surface area (Å²) in [5, 5.41) is 12.6. The molecule has 0 aliphatic heterocycles. The fraction of sp³-hybridized carbons (Fsp3) is 0.250. The summed E-state index contributed by atoms with van der Waals surface area (Å²) in [5.41, 5.74) is 9.59. The molecule has 2 fully saturated rings. The summed E-state index contributed by atoms with van der Waals surface area (Å²) in [6.45, 7) is 0. The second kappa shape index (κ2) is 10.0. The lowest BCUT2D eigenvalue weighted by molar-refractivity contribution is -0.142. The number of rotatable bonds is 5. The molecule has 0 radical (unpaired) electrons. The Morgan fingerprint density at radius 3 is 1.49 bits per heavy atom. The van der Waals surface area contributed by atoms with E-state index in [2.05, 4.69) is 109 Å². The first-order valence-electron chi connectivity index (χ1n) is 13.6. The molecule has 1 nitrogen and oxygen atoms in total. The molecule has 1 N–H and O–H groups in total. The maximum atomic E-state index is 12.6. The Balaban J connectivity index is 1.47. The van der Waals surface area contributed by atoms with Crippen LogP contribution >= 0.6 is 0 Å². The molecule has 0 heterocycles. The van der Waals surface area contributed by atoms with Gasteiger partial charge in [0.25, 0.3) is 0 Å². The molecule has 1 unspecified atom stereocenters. The third-order valence-corrected chi connectivity index (χ3v) is 8.91. The van der Waals surface area contributed by atoms with Crippen LogP contribution in [0, 0.1) is 5.41 Å². The minimum atomic E-state index is -0.884. The third kappa shape index (κ3) is 4.40. The van der Waals surface area contributed by atoms with Crippen LogP contribution in [0.2, 0.25) is 0 Å².